The second-order valence-corrected chi connectivity index (χ2v) is 7.73. The number of rotatable bonds is 8. The van der Waals surface area contributed by atoms with Crippen LogP contribution in [0.3, 0.4) is 0 Å². The minimum atomic E-state index is -0.348. The molecule has 3 aromatic rings. The number of ether oxygens (including phenoxy) is 2. The monoisotopic (exact) mass is 445 g/mol. The molecule has 3 aromatic carbocycles. The van der Waals surface area contributed by atoms with Gasteiger partial charge in [-0.05, 0) is 73.5 Å². The van der Waals surface area contributed by atoms with Gasteiger partial charge in [0, 0.05) is 36.5 Å². The van der Waals surface area contributed by atoms with Gasteiger partial charge < -0.3 is 14.4 Å². The summed E-state index contributed by atoms with van der Waals surface area (Å²) in [6.07, 6.45) is 0.114. The first kappa shape index (κ1) is 23.7. The van der Waals surface area contributed by atoms with Crippen molar-refractivity contribution >= 4 is 35.3 Å². The maximum atomic E-state index is 11.3. The molecule has 33 heavy (non-hydrogen) atoms. The van der Waals surface area contributed by atoms with Crippen molar-refractivity contribution in [1.82, 2.24) is 0 Å². The summed E-state index contributed by atoms with van der Waals surface area (Å²) in [6.45, 7) is 6.44. The summed E-state index contributed by atoms with van der Waals surface area (Å²) in [6, 6.07) is 22.8. The van der Waals surface area contributed by atoms with Crippen LogP contribution < -0.4 is 4.90 Å². The van der Waals surface area contributed by atoms with E-state index in [9.17, 15) is 14.4 Å². The van der Waals surface area contributed by atoms with Crippen LogP contribution in [0.4, 0.5) is 17.1 Å². The number of hydrogen-bond acceptors (Lipinski definition) is 6. The maximum Gasteiger partial charge on any atom is 0.303 e. The minimum absolute atomic E-state index is 0.327. The Morgan fingerprint density at radius 3 is 1.30 bits per heavy atom. The van der Waals surface area contributed by atoms with Crippen LogP contribution in [0.5, 0.6) is 0 Å². The highest BCUT2D eigenvalue weighted by atomic mass is 16.5. The number of carbonyl (C=O) groups excluding carboxylic acids is 3. The molecule has 0 aliphatic carbocycles. The zero-order valence-corrected chi connectivity index (χ0v) is 19.1. The van der Waals surface area contributed by atoms with E-state index in [1.165, 1.54) is 13.8 Å². The van der Waals surface area contributed by atoms with Gasteiger partial charge in [-0.1, -0.05) is 24.3 Å². The lowest BCUT2D eigenvalue weighted by Gasteiger charge is -2.26. The molecule has 0 heterocycles. The first-order chi connectivity index (χ1) is 15.8. The smallest absolute Gasteiger partial charge is 0.303 e. The topological polar surface area (TPSA) is 72.9 Å². The van der Waals surface area contributed by atoms with Crippen LogP contribution in [0.2, 0.25) is 0 Å². The Kier molecular flexibility index (Phi) is 7.61. The summed E-state index contributed by atoms with van der Waals surface area (Å²) >= 11 is 0. The minimum Gasteiger partial charge on any atom is -0.458 e. The summed E-state index contributed by atoms with van der Waals surface area (Å²) in [7, 11) is 0. The molecule has 2 unspecified atom stereocenters. The van der Waals surface area contributed by atoms with Crippen molar-refractivity contribution in [3.8, 4) is 0 Å². The first-order valence-corrected chi connectivity index (χ1v) is 10.7. The lowest BCUT2D eigenvalue weighted by atomic mass is 10.1. The number of aldehydes is 1. The summed E-state index contributed by atoms with van der Waals surface area (Å²) < 4.78 is 10.5. The predicted octanol–water partition coefficient (Wildman–Crippen LogP) is 6.22. The van der Waals surface area contributed by atoms with Gasteiger partial charge in [0.2, 0.25) is 0 Å². The van der Waals surface area contributed by atoms with Crippen LogP contribution in [0.1, 0.15) is 61.4 Å². The Hall–Kier alpha value is -3.93. The molecule has 0 saturated carbocycles. The van der Waals surface area contributed by atoms with Crippen LogP contribution in [0.15, 0.2) is 72.8 Å². The average molecular weight is 446 g/mol. The van der Waals surface area contributed by atoms with Gasteiger partial charge in [-0.2, -0.15) is 0 Å². The molecule has 0 aliphatic heterocycles. The summed E-state index contributed by atoms with van der Waals surface area (Å²) in [4.78, 5) is 35.7. The molecule has 3 rings (SSSR count). The van der Waals surface area contributed by atoms with E-state index in [2.05, 4.69) is 4.90 Å². The molecule has 0 fully saturated rings. The summed E-state index contributed by atoms with van der Waals surface area (Å²) in [5.41, 5.74) is 5.03. The highest BCUT2D eigenvalue weighted by Crippen LogP contribution is 2.36. The number of benzene rings is 3. The first-order valence-electron chi connectivity index (χ1n) is 10.7. The molecule has 0 amide bonds. The fraction of sp³-hybridized carbons (Fsp3) is 0.222. The van der Waals surface area contributed by atoms with Crippen LogP contribution in [0, 0.1) is 0 Å². The van der Waals surface area contributed by atoms with Gasteiger partial charge in [0.05, 0.1) is 0 Å². The molecule has 0 spiro atoms. The van der Waals surface area contributed by atoms with E-state index < -0.39 is 0 Å². The van der Waals surface area contributed by atoms with Gasteiger partial charge in [0.15, 0.2) is 0 Å². The zero-order valence-electron chi connectivity index (χ0n) is 19.1. The van der Waals surface area contributed by atoms with E-state index in [-0.39, 0.29) is 24.1 Å². The van der Waals surface area contributed by atoms with E-state index in [1.807, 2.05) is 74.5 Å². The van der Waals surface area contributed by atoms with Gasteiger partial charge >= 0.3 is 11.9 Å². The normalized spacial score (nSPS) is 12.4. The van der Waals surface area contributed by atoms with Gasteiger partial charge in [-0.3, -0.25) is 14.4 Å². The van der Waals surface area contributed by atoms with Crippen molar-refractivity contribution < 1.29 is 23.9 Å². The summed E-state index contributed by atoms with van der Waals surface area (Å²) in [5, 5.41) is 0. The SMILES string of the molecule is CC(=O)OC(C)c1ccc(N(c2ccc(C=O)cc2)c2ccc(C(C)OC(C)=O)cc2)cc1. The molecule has 0 saturated heterocycles. The standard InChI is InChI=1S/C27H27NO5/c1-18(32-20(3)30)23-7-13-26(14-8-23)28(25-11-5-22(17-29)6-12-25)27-15-9-24(10-16-27)19(2)33-21(4)31/h5-19H,1-4H3. The molecule has 0 bridgehead atoms. The number of anilines is 3. The molecular weight excluding hydrogens is 418 g/mol. The van der Waals surface area contributed by atoms with Crippen LogP contribution in [-0.2, 0) is 19.1 Å². The van der Waals surface area contributed by atoms with Crippen molar-refractivity contribution in [2.24, 2.45) is 0 Å². The number of carbonyl (C=O) groups is 3. The maximum absolute atomic E-state index is 11.3. The van der Waals surface area contributed by atoms with Gasteiger partial charge in [-0.15, -0.1) is 0 Å². The summed E-state index contributed by atoms with van der Waals surface area (Å²) in [5.74, 6) is -0.655. The number of hydrogen-bond donors (Lipinski definition) is 0. The molecule has 0 N–H and O–H groups in total. The third kappa shape index (κ3) is 6.07. The zero-order chi connectivity index (χ0) is 24.0. The molecule has 6 heteroatoms. The Labute approximate surface area is 193 Å². The largest absolute Gasteiger partial charge is 0.458 e. The molecule has 0 aliphatic rings. The van der Waals surface area contributed by atoms with Gasteiger partial charge in [0.1, 0.15) is 18.5 Å². The highest BCUT2D eigenvalue weighted by molar-refractivity contribution is 5.80. The van der Waals surface area contributed by atoms with Crippen molar-refractivity contribution in [1.29, 1.82) is 0 Å². The molecular formula is C27H27NO5. The van der Waals surface area contributed by atoms with Gasteiger partial charge in [0.25, 0.3) is 0 Å². The Morgan fingerprint density at radius 2 is 1.00 bits per heavy atom. The van der Waals surface area contributed by atoms with Crippen molar-refractivity contribution in [2.75, 3.05) is 4.90 Å². The molecule has 2 atom stereocenters. The number of esters is 2. The second-order valence-electron chi connectivity index (χ2n) is 7.73. The Bertz CT molecular complexity index is 1040. The lowest BCUT2D eigenvalue weighted by molar-refractivity contribution is -0.146. The fourth-order valence-electron chi connectivity index (χ4n) is 3.57. The second kappa shape index (κ2) is 10.6. The van der Waals surface area contributed by atoms with E-state index in [1.54, 1.807) is 12.1 Å². The van der Waals surface area contributed by atoms with Crippen molar-refractivity contribution in [3.63, 3.8) is 0 Å². The average Bonchev–Trinajstić information content (AvgIpc) is 2.79. The molecule has 0 radical (unpaired) electrons. The number of nitrogens with zero attached hydrogens (tertiary/aromatic N) is 1. The Morgan fingerprint density at radius 1 is 0.667 bits per heavy atom. The van der Waals surface area contributed by atoms with Crippen LogP contribution >= 0.6 is 0 Å². The third-order valence-corrected chi connectivity index (χ3v) is 5.21. The van der Waals surface area contributed by atoms with E-state index in [0.717, 1.165) is 34.5 Å². The van der Waals surface area contributed by atoms with Crippen LogP contribution in [-0.4, -0.2) is 18.2 Å². The van der Waals surface area contributed by atoms with Crippen molar-refractivity contribution in [3.05, 3.63) is 89.5 Å². The van der Waals surface area contributed by atoms with Crippen molar-refractivity contribution in [2.45, 2.75) is 39.9 Å². The predicted molar refractivity (Wildman–Crippen MR) is 127 cm³/mol. The highest BCUT2D eigenvalue weighted by Gasteiger charge is 2.16. The van der Waals surface area contributed by atoms with Crippen LogP contribution in [0.25, 0.3) is 0 Å². The quantitative estimate of drug-likeness (QED) is 0.303. The lowest BCUT2D eigenvalue weighted by Crippen LogP contribution is -2.11. The van der Waals surface area contributed by atoms with E-state index in [4.69, 9.17) is 9.47 Å². The third-order valence-electron chi connectivity index (χ3n) is 5.21. The van der Waals surface area contributed by atoms with E-state index in [0.29, 0.717) is 5.56 Å². The molecule has 0 aromatic heterocycles. The molecule has 6 nitrogen and oxygen atoms in total. The fourth-order valence-corrected chi connectivity index (χ4v) is 3.57. The molecule has 170 valence electrons. The van der Waals surface area contributed by atoms with Gasteiger partial charge in [-0.25, -0.2) is 0 Å². The Balaban J connectivity index is 1.97. The van der Waals surface area contributed by atoms with E-state index >= 15 is 0 Å².